The number of carbonyl (C=O) groups is 1. The van der Waals surface area contributed by atoms with Crippen LogP contribution in [0, 0.1) is 11.8 Å². The number of hydrogen-bond acceptors (Lipinski definition) is 13. The molecule has 14 heteroatoms. The van der Waals surface area contributed by atoms with E-state index >= 15 is 0 Å². The van der Waals surface area contributed by atoms with Crippen LogP contribution in [0.15, 0.2) is 0 Å². The Balaban J connectivity index is 1.91. The van der Waals surface area contributed by atoms with E-state index < -0.39 is 109 Å². The number of carbonyl (C=O) groups excluding carboxylic acids is 1. The number of ether oxygens (including phenoxy) is 4. The largest absolute Gasteiger partial charge is 0.444 e. The molecule has 15 atom stereocenters. The summed E-state index contributed by atoms with van der Waals surface area (Å²) < 4.78 is 23.1. The van der Waals surface area contributed by atoms with Gasteiger partial charge in [0.15, 0.2) is 6.29 Å². The molecule has 0 aromatic rings. The first-order valence-electron chi connectivity index (χ1n) is 13.6. The molecule has 228 valence electrons. The zero-order chi connectivity index (χ0) is 29.4. The Morgan fingerprint density at radius 3 is 2.15 bits per heavy atom. The molecule has 2 saturated heterocycles. The third-order valence-electron chi connectivity index (χ3n) is 7.93. The molecule has 0 spiro atoms. The van der Waals surface area contributed by atoms with E-state index in [9.17, 15) is 35.4 Å². The van der Waals surface area contributed by atoms with Crippen molar-refractivity contribution >= 4 is 6.09 Å². The van der Waals surface area contributed by atoms with Crippen LogP contribution in [0.3, 0.4) is 0 Å². The maximum absolute atomic E-state index is 12.7. The van der Waals surface area contributed by atoms with E-state index in [1.807, 2.05) is 0 Å². The van der Waals surface area contributed by atoms with E-state index in [1.165, 1.54) is 0 Å². The van der Waals surface area contributed by atoms with Gasteiger partial charge in [-0.05, 0) is 39.5 Å². The second-order valence-corrected chi connectivity index (χ2v) is 12.0. The normalized spacial score (nSPS) is 47.5. The summed E-state index contributed by atoms with van der Waals surface area (Å²) in [5.41, 5.74) is 11.4. The van der Waals surface area contributed by atoms with Crippen molar-refractivity contribution in [1.29, 1.82) is 0 Å². The number of hydrogen-bond donors (Lipinski definition) is 9. The fourth-order valence-electron chi connectivity index (χ4n) is 5.82. The highest BCUT2D eigenvalue weighted by Crippen LogP contribution is 2.40. The van der Waals surface area contributed by atoms with Crippen LogP contribution in [0.2, 0.25) is 0 Å². The molecule has 1 aliphatic carbocycles. The summed E-state index contributed by atoms with van der Waals surface area (Å²) in [6.45, 7) is 8.12. The van der Waals surface area contributed by atoms with E-state index in [1.54, 1.807) is 34.6 Å². The molecule has 0 aromatic heterocycles. The molecule has 2 heterocycles. The van der Waals surface area contributed by atoms with Gasteiger partial charge in [0.05, 0.1) is 43.1 Å². The van der Waals surface area contributed by atoms with Gasteiger partial charge >= 0.3 is 6.09 Å². The summed E-state index contributed by atoms with van der Waals surface area (Å²) in [5.74, 6) is -1.35. The van der Waals surface area contributed by atoms with Gasteiger partial charge in [-0.2, -0.15) is 0 Å². The van der Waals surface area contributed by atoms with Crippen LogP contribution in [0.1, 0.15) is 47.5 Å². The molecular weight excluding hydrogens is 518 g/mol. The number of nitrogens with two attached hydrogens (primary N) is 2. The number of aliphatic hydroxyl groups is 6. The first-order valence-corrected chi connectivity index (χ1v) is 13.6. The monoisotopic (exact) mass is 565 g/mol. The maximum atomic E-state index is 12.7. The molecule has 2 aliphatic heterocycles. The number of nitrogens with one attached hydrogen (secondary N) is 1. The van der Waals surface area contributed by atoms with Gasteiger partial charge in [0.1, 0.15) is 36.1 Å². The van der Waals surface area contributed by atoms with Gasteiger partial charge in [0.25, 0.3) is 0 Å². The molecule has 15 unspecified atom stereocenters. The summed E-state index contributed by atoms with van der Waals surface area (Å²) in [4.78, 5) is 12.7. The zero-order valence-electron chi connectivity index (χ0n) is 23.2. The molecule has 3 aliphatic rings. The lowest BCUT2D eigenvalue weighted by Gasteiger charge is -2.52. The summed E-state index contributed by atoms with van der Waals surface area (Å²) in [6.07, 6.45) is -12.1. The third kappa shape index (κ3) is 7.01. The molecule has 3 fully saturated rings. The smallest absolute Gasteiger partial charge is 0.407 e. The Labute approximate surface area is 228 Å². The Bertz CT molecular complexity index is 813. The minimum absolute atomic E-state index is 0.259. The van der Waals surface area contributed by atoms with Gasteiger partial charge in [-0.25, -0.2) is 4.79 Å². The molecule has 11 N–H and O–H groups in total. The number of rotatable bonds is 6. The van der Waals surface area contributed by atoms with Crippen molar-refractivity contribution in [1.82, 2.24) is 5.32 Å². The van der Waals surface area contributed by atoms with Crippen molar-refractivity contribution in [3.05, 3.63) is 0 Å². The van der Waals surface area contributed by atoms with Crippen LogP contribution in [0.4, 0.5) is 4.79 Å². The van der Waals surface area contributed by atoms with Gasteiger partial charge in [0.2, 0.25) is 0 Å². The standard InChI is InChI=1S/C25H47N3O11/c1-6-11-17(31)19(33)15(27)22(36-11)13-10(28-24(35)39-25(3,4)5)7-9(2)21(18(13)32)38-23-20(34)14(26)16(30)12(8-29)37-23/h9-23,29-34H,6-8,26-27H2,1-5H3,(H,28,35). The SMILES string of the molecule is CCC1OC(C2C(NC(=O)OC(C)(C)C)CC(C)C(OC3OC(CO)C(O)C(N)C3O)C2O)C(N)C(O)C1O. The molecule has 0 radical (unpaired) electrons. The fourth-order valence-corrected chi connectivity index (χ4v) is 5.82. The number of alkyl carbamates (subject to hydrolysis) is 1. The van der Waals surface area contributed by atoms with Gasteiger partial charge in [0, 0.05) is 12.0 Å². The molecule has 0 bridgehead atoms. The Morgan fingerprint density at radius 2 is 1.59 bits per heavy atom. The van der Waals surface area contributed by atoms with Crippen LogP contribution < -0.4 is 16.8 Å². The Hall–Kier alpha value is -1.17. The predicted molar refractivity (Wildman–Crippen MR) is 136 cm³/mol. The molecule has 0 aromatic carbocycles. The lowest BCUT2D eigenvalue weighted by molar-refractivity contribution is -0.311. The van der Waals surface area contributed by atoms with E-state index in [2.05, 4.69) is 5.32 Å². The minimum Gasteiger partial charge on any atom is -0.444 e. The highest BCUT2D eigenvalue weighted by Gasteiger charge is 2.55. The second-order valence-electron chi connectivity index (χ2n) is 12.0. The predicted octanol–water partition coefficient (Wildman–Crippen LogP) is -2.73. The fraction of sp³-hybridized carbons (Fsp3) is 0.960. The van der Waals surface area contributed by atoms with Gasteiger partial charge in [-0.15, -0.1) is 0 Å². The average Bonchev–Trinajstić information content (AvgIpc) is 2.84. The average molecular weight is 566 g/mol. The van der Waals surface area contributed by atoms with Crippen LogP contribution in [-0.2, 0) is 18.9 Å². The van der Waals surface area contributed by atoms with Crippen LogP contribution in [-0.4, -0.2) is 128 Å². The summed E-state index contributed by atoms with van der Waals surface area (Å²) in [5, 5.41) is 66.0. The van der Waals surface area contributed by atoms with Crippen molar-refractivity contribution in [2.75, 3.05) is 6.61 Å². The minimum atomic E-state index is -1.46. The molecule has 39 heavy (non-hydrogen) atoms. The first-order chi connectivity index (χ1) is 18.1. The summed E-state index contributed by atoms with van der Waals surface area (Å²) in [6, 6.07) is -3.02. The van der Waals surface area contributed by atoms with Crippen molar-refractivity contribution < 1.29 is 54.4 Å². The quantitative estimate of drug-likeness (QED) is 0.159. The Morgan fingerprint density at radius 1 is 0.949 bits per heavy atom. The lowest BCUT2D eigenvalue weighted by atomic mass is 9.69. The summed E-state index contributed by atoms with van der Waals surface area (Å²) in [7, 11) is 0. The van der Waals surface area contributed by atoms with Gasteiger partial charge in [-0.1, -0.05) is 13.8 Å². The number of amides is 1. The number of aliphatic hydroxyl groups excluding tert-OH is 6. The Kier molecular flexibility index (Phi) is 10.6. The van der Waals surface area contributed by atoms with Crippen molar-refractivity contribution in [2.24, 2.45) is 23.3 Å². The highest BCUT2D eigenvalue weighted by atomic mass is 16.7. The zero-order valence-corrected chi connectivity index (χ0v) is 23.2. The maximum Gasteiger partial charge on any atom is 0.407 e. The molecular formula is C25H47N3O11. The van der Waals surface area contributed by atoms with Gasteiger partial charge < -0.3 is 66.4 Å². The van der Waals surface area contributed by atoms with E-state index in [0.29, 0.717) is 6.42 Å². The second kappa shape index (κ2) is 12.8. The van der Waals surface area contributed by atoms with Crippen LogP contribution >= 0.6 is 0 Å². The van der Waals surface area contributed by atoms with Crippen molar-refractivity contribution in [3.63, 3.8) is 0 Å². The highest BCUT2D eigenvalue weighted by molar-refractivity contribution is 5.68. The van der Waals surface area contributed by atoms with Gasteiger partial charge in [-0.3, -0.25) is 0 Å². The first kappa shape index (κ1) is 32.3. The topological polar surface area (TPSA) is 239 Å². The van der Waals surface area contributed by atoms with E-state index in [-0.39, 0.29) is 6.42 Å². The van der Waals surface area contributed by atoms with E-state index in [4.69, 9.17) is 30.4 Å². The van der Waals surface area contributed by atoms with Crippen molar-refractivity contribution in [2.45, 2.75) is 132 Å². The molecule has 1 saturated carbocycles. The third-order valence-corrected chi connectivity index (χ3v) is 7.93. The summed E-state index contributed by atoms with van der Waals surface area (Å²) >= 11 is 0. The van der Waals surface area contributed by atoms with Crippen molar-refractivity contribution in [3.8, 4) is 0 Å². The molecule has 3 rings (SSSR count). The van der Waals surface area contributed by atoms with E-state index in [0.717, 1.165) is 0 Å². The van der Waals surface area contributed by atoms with Crippen LogP contribution in [0.5, 0.6) is 0 Å². The van der Waals surface area contributed by atoms with Crippen LogP contribution in [0.25, 0.3) is 0 Å². The lowest BCUT2D eigenvalue weighted by Crippen LogP contribution is -2.70. The molecule has 1 amide bonds. The molecule has 14 nitrogen and oxygen atoms in total.